The molecule has 2 N–H and O–H groups in total. The van der Waals surface area contributed by atoms with Crippen LogP contribution in [0.3, 0.4) is 0 Å². The minimum absolute atomic E-state index is 0.111. The molecule has 0 aliphatic heterocycles. The van der Waals surface area contributed by atoms with E-state index in [9.17, 15) is 8.78 Å². The SMILES string of the molecule is C=C\C=C/C(=C\C)C(/C(=N)c1c(F)cccc1F)=C(/C(=N)OC)c1ccccn1.CC.CI. The smallest absolute Gasteiger partial charge is 0.215 e. The van der Waals surface area contributed by atoms with E-state index in [0.717, 1.165) is 12.1 Å². The fourth-order valence-electron chi connectivity index (χ4n) is 2.74. The summed E-state index contributed by atoms with van der Waals surface area (Å²) in [7, 11) is 1.31. The molecule has 0 amide bonds. The zero-order valence-corrected chi connectivity index (χ0v) is 21.7. The second-order valence-corrected chi connectivity index (χ2v) is 5.81. The normalized spacial score (nSPS) is 11.3. The van der Waals surface area contributed by atoms with Crippen LogP contribution in [0.2, 0.25) is 0 Å². The van der Waals surface area contributed by atoms with Crippen molar-refractivity contribution >= 4 is 39.8 Å². The van der Waals surface area contributed by atoms with Gasteiger partial charge in [0.1, 0.15) is 11.6 Å². The molecular formula is C26H30F2IN3O. The van der Waals surface area contributed by atoms with Crippen molar-refractivity contribution in [2.45, 2.75) is 20.8 Å². The molecule has 0 aliphatic rings. The number of ether oxygens (including phenoxy) is 1. The molecule has 176 valence electrons. The number of alkyl halides is 1. The Morgan fingerprint density at radius 1 is 1.06 bits per heavy atom. The van der Waals surface area contributed by atoms with Gasteiger partial charge in [0.05, 0.1) is 29.7 Å². The number of nitrogens with one attached hydrogen (secondary N) is 2. The van der Waals surface area contributed by atoms with Crippen LogP contribution < -0.4 is 0 Å². The molecule has 0 unspecified atom stereocenters. The summed E-state index contributed by atoms with van der Waals surface area (Å²) in [6.45, 7) is 9.35. The van der Waals surface area contributed by atoms with Crippen molar-refractivity contribution in [1.82, 2.24) is 4.98 Å². The van der Waals surface area contributed by atoms with E-state index in [1.165, 1.54) is 25.4 Å². The Hall–Kier alpha value is -2.94. The second kappa shape index (κ2) is 16.7. The molecule has 0 saturated heterocycles. The van der Waals surface area contributed by atoms with E-state index in [1.54, 1.807) is 43.4 Å². The van der Waals surface area contributed by atoms with Crippen LogP contribution in [0.15, 0.2) is 84.6 Å². The average Bonchev–Trinajstić information content (AvgIpc) is 2.86. The van der Waals surface area contributed by atoms with Gasteiger partial charge in [-0.1, -0.05) is 79.5 Å². The zero-order valence-electron chi connectivity index (χ0n) is 19.5. The molecule has 0 bridgehead atoms. The number of hydrogen-bond donors (Lipinski definition) is 2. The number of aromatic nitrogens is 1. The van der Waals surface area contributed by atoms with Gasteiger partial charge in [-0.15, -0.1) is 0 Å². The lowest BCUT2D eigenvalue weighted by Gasteiger charge is -2.18. The van der Waals surface area contributed by atoms with Crippen LogP contribution in [0.1, 0.15) is 32.0 Å². The van der Waals surface area contributed by atoms with E-state index in [2.05, 4.69) is 34.2 Å². The van der Waals surface area contributed by atoms with Crippen molar-refractivity contribution in [2.24, 2.45) is 0 Å². The summed E-state index contributed by atoms with van der Waals surface area (Å²) in [5.41, 5.74) is 0.126. The molecule has 1 aromatic heterocycles. The van der Waals surface area contributed by atoms with Crippen molar-refractivity contribution in [3.05, 3.63) is 108 Å². The molecule has 0 radical (unpaired) electrons. The summed E-state index contributed by atoms with van der Waals surface area (Å²) in [4.78, 5) is 6.22. The van der Waals surface area contributed by atoms with Gasteiger partial charge in [-0.2, -0.15) is 0 Å². The van der Waals surface area contributed by atoms with Gasteiger partial charge < -0.3 is 4.74 Å². The number of halogens is 3. The maximum absolute atomic E-state index is 14.5. The number of nitrogens with zero attached hydrogens (tertiary/aromatic N) is 1. The second-order valence-electron chi connectivity index (χ2n) is 5.81. The highest BCUT2D eigenvalue weighted by molar-refractivity contribution is 14.1. The maximum Gasteiger partial charge on any atom is 0.215 e. The Bertz CT molecular complexity index is 1010. The lowest BCUT2D eigenvalue weighted by Crippen LogP contribution is -2.17. The average molecular weight is 565 g/mol. The van der Waals surface area contributed by atoms with Crippen molar-refractivity contribution in [3.8, 4) is 0 Å². The van der Waals surface area contributed by atoms with E-state index in [0.29, 0.717) is 11.3 Å². The van der Waals surface area contributed by atoms with Gasteiger partial charge in [0, 0.05) is 11.8 Å². The first-order valence-corrected chi connectivity index (χ1v) is 12.3. The van der Waals surface area contributed by atoms with Crippen molar-refractivity contribution in [2.75, 3.05) is 12.0 Å². The molecule has 33 heavy (non-hydrogen) atoms. The molecule has 2 rings (SSSR count). The highest BCUT2D eigenvalue weighted by Crippen LogP contribution is 2.30. The van der Waals surface area contributed by atoms with Gasteiger partial charge in [-0.3, -0.25) is 15.8 Å². The third-order valence-electron chi connectivity index (χ3n) is 4.08. The summed E-state index contributed by atoms with van der Waals surface area (Å²) in [5.74, 6) is -2.04. The minimum Gasteiger partial charge on any atom is -0.481 e. The summed E-state index contributed by atoms with van der Waals surface area (Å²) in [5, 5.41) is 17.0. The van der Waals surface area contributed by atoms with Crippen LogP contribution in [0.25, 0.3) is 5.57 Å². The van der Waals surface area contributed by atoms with Crippen molar-refractivity contribution < 1.29 is 13.5 Å². The minimum atomic E-state index is -0.875. The monoisotopic (exact) mass is 565 g/mol. The number of methoxy groups -OCH3 is 1. The van der Waals surface area contributed by atoms with Gasteiger partial charge in [0.2, 0.25) is 5.90 Å². The van der Waals surface area contributed by atoms with E-state index in [1.807, 2.05) is 18.8 Å². The molecular weight excluding hydrogens is 535 g/mol. The maximum atomic E-state index is 14.5. The van der Waals surface area contributed by atoms with Crippen LogP contribution >= 0.6 is 22.6 Å². The van der Waals surface area contributed by atoms with E-state index >= 15 is 0 Å². The van der Waals surface area contributed by atoms with E-state index in [4.69, 9.17) is 15.6 Å². The molecule has 0 atom stereocenters. The molecule has 4 nitrogen and oxygen atoms in total. The molecule has 2 aromatic rings. The summed E-state index contributed by atoms with van der Waals surface area (Å²) in [6.07, 6.45) is 8.01. The lowest BCUT2D eigenvalue weighted by molar-refractivity contribution is 0.405. The first kappa shape index (κ1) is 30.1. The molecule has 1 aromatic carbocycles. The summed E-state index contributed by atoms with van der Waals surface area (Å²) >= 11 is 2.15. The predicted molar refractivity (Wildman–Crippen MR) is 143 cm³/mol. The number of rotatable bonds is 7. The lowest BCUT2D eigenvalue weighted by atomic mass is 9.88. The van der Waals surface area contributed by atoms with Gasteiger partial charge in [-0.05, 0) is 41.7 Å². The Kier molecular flexibility index (Phi) is 15.2. The largest absolute Gasteiger partial charge is 0.481 e. The quantitative estimate of drug-likeness (QED) is 0.120. The molecule has 7 heteroatoms. The van der Waals surface area contributed by atoms with Gasteiger partial charge in [0.25, 0.3) is 0 Å². The van der Waals surface area contributed by atoms with E-state index < -0.39 is 22.9 Å². The molecule has 0 aliphatic carbocycles. The number of benzene rings is 1. The van der Waals surface area contributed by atoms with Crippen LogP contribution in [-0.4, -0.2) is 28.6 Å². The third kappa shape index (κ3) is 8.16. The first-order chi connectivity index (χ1) is 16.0. The van der Waals surface area contributed by atoms with Crippen LogP contribution in [0, 0.1) is 22.5 Å². The first-order valence-electron chi connectivity index (χ1n) is 10.1. The third-order valence-corrected chi connectivity index (χ3v) is 4.08. The Balaban J connectivity index is 0.00000242. The summed E-state index contributed by atoms with van der Waals surface area (Å²) < 4.78 is 34.1. The standard InChI is InChI=1S/C23H21F2N3O.C2H6.CH3I/c1-4-6-10-15(5-2)19(22(26)20-16(24)11-9-12-17(20)25)21(23(27)29-3)18-13-7-8-14-28-18;2*1-2/h4-14,26-27H,1H2,2-3H3;1-2H3;1H3/b10-6-,15-5+,21-19-,26-22?,27-23?;;. The van der Waals surface area contributed by atoms with E-state index in [-0.39, 0.29) is 17.0 Å². The number of hydrogen-bond acceptors (Lipinski definition) is 4. The molecule has 0 fully saturated rings. The predicted octanol–water partition coefficient (Wildman–Crippen LogP) is 7.57. The Morgan fingerprint density at radius 3 is 2.12 bits per heavy atom. The van der Waals surface area contributed by atoms with Crippen molar-refractivity contribution in [3.63, 3.8) is 0 Å². The Labute approximate surface area is 209 Å². The fourth-order valence-corrected chi connectivity index (χ4v) is 2.74. The molecule has 0 saturated carbocycles. The highest BCUT2D eigenvalue weighted by Gasteiger charge is 2.26. The summed E-state index contributed by atoms with van der Waals surface area (Å²) in [6, 6.07) is 8.45. The van der Waals surface area contributed by atoms with Crippen molar-refractivity contribution in [1.29, 1.82) is 10.8 Å². The fraction of sp³-hybridized carbons (Fsp3) is 0.192. The van der Waals surface area contributed by atoms with Crippen LogP contribution in [-0.2, 0) is 4.74 Å². The number of allylic oxidation sites excluding steroid dienone is 6. The topological polar surface area (TPSA) is 69.8 Å². The highest BCUT2D eigenvalue weighted by atomic mass is 127. The number of pyridine rings is 1. The molecule has 1 heterocycles. The van der Waals surface area contributed by atoms with Gasteiger partial charge >= 0.3 is 0 Å². The zero-order chi connectivity index (χ0) is 25.4. The molecule has 0 spiro atoms. The van der Waals surface area contributed by atoms with Gasteiger partial charge in [-0.25, -0.2) is 8.78 Å². The van der Waals surface area contributed by atoms with Crippen LogP contribution in [0.4, 0.5) is 8.78 Å². The van der Waals surface area contributed by atoms with Gasteiger partial charge in [0.15, 0.2) is 0 Å². The van der Waals surface area contributed by atoms with Crippen LogP contribution in [0.5, 0.6) is 0 Å². The Morgan fingerprint density at radius 2 is 1.67 bits per heavy atom.